The Morgan fingerprint density at radius 1 is 1.04 bits per heavy atom. The molecule has 2 aromatic carbocycles. The number of halogens is 2. The van der Waals surface area contributed by atoms with Crippen LogP contribution in [0, 0.1) is 0 Å². The van der Waals surface area contributed by atoms with E-state index in [0.717, 1.165) is 6.92 Å². The Labute approximate surface area is 143 Å². The number of primary sulfonamides is 1. The van der Waals surface area contributed by atoms with Crippen molar-refractivity contribution in [1.82, 2.24) is 9.55 Å². The number of benzene rings is 2. The maximum Gasteiger partial charge on any atom is 0.288 e. The first-order valence-corrected chi connectivity index (χ1v) is 8.87. The third-order valence-electron chi connectivity index (χ3n) is 3.63. The van der Waals surface area contributed by atoms with Gasteiger partial charge in [-0.3, -0.25) is 4.57 Å². The average molecular weight is 363 g/mol. The summed E-state index contributed by atoms with van der Waals surface area (Å²) in [5, 5.41) is 5.08. The van der Waals surface area contributed by atoms with Crippen LogP contribution in [0.2, 0.25) is 0 Å². The van der Waals surface area contributed by atoms with Gasteiger partial charge in [-0.1, -0.05) is 30.3 Å². The van der Waals surface area contributed by atoms with Crippen molar-refractivity contribution >= 4 is 10.0 Å². The number of imidazole rings is 1. The van der Waals surface area contributed by atoms with Gasteiger partial charge in [-0.2, -0.15) is 8.78 Å². The molecule has 25 heavy (non-hydrogen) atoms. The minimum Gasteiger partial charge on any atom is -0.299 e. The lowest BCUT2D eigenvalue weighted by Gasteiger charge is -2.08. The van der Waals surface area contributed by atoms with Crippen LogP contribution in [0.1, 0.15) is 12.6 Å². The minimum absolute atomic E-state index is 0.0568. The molecule has 3 aromatic rings. The van der Waals surface area contributed by atoms with Crippen LogP contribution in [0.25, 0.3) is 17.1 Å². The number of nitrogens with two attached hydrogens (primary N) is 1. The summed E-state index contributed by atoms with van der Waals surface area (Å²) in [5.41, 5.74) is 0.782. The molecule has 0 saturated heterocycles. The Morgan fingerprint density at radius 3 is 2.16 bits per heavy atom. The van der Waals surface area contributed by atoms with Crippen molar-refractivity contribution in [1.29, 1.82) is 0 Å². The molecular weight excluding hydrogens is 348 g/mol. The SMILES string of the molecule is CC(F)(F)c1cn(-c2ccc(S(N)(=O)=O)cc2)c(-c2ccccc2)n1. The van der Waals surface area contributed by atoms with Gasteiger partial charge in [0.15, 0.2) is 0 Å². The van der Waals surface area contributed by atoms with Gasteiger partial charge in [0.2, 0.25) is 10.0 Å². The van der Waals surface area contributed by atoms with Crippen molar-refractivity contribution in [3.63, 3.8) is 0 Å². The topological polar surface area (TPSA) is 78.0 Å². The Balaban J connectivity index is 2.16. The summed E-state index contributed by atoms with van der Waals surface area (Å²) in [4.78, 5) is 4.01. The lowest BCUT2D eigenvalue weighted by molar-refractivity contribution is 0.0132. The van der Waals surface area contributed by atoms with Crippen LogP contribution in [0.5, 0.6) is 0 Å². The van der Waals surface area contributed by atoms with Crippen LogP contribution in [0.4, 0.5) is 8.78 Å². The number of aromatic nitrogens is 2. The van der Waals surface area contributed by atoms with E-state index in [-0.39, 0.29) is 10.6 Å². The highest BCUT2D eigenvalue weighted by Gasteiger charge is 2.29. The quantitative estimate of drug-likeness (QED) is 0.772. The molecule has 130 valence electrons. The number of nitrogens with zero attached hydrogens (tertiary/aromatic N) is 2. The molecule has 0 atom stereocenters. The summed E-state index contributed by atoms with van der Waals surface area (Å²) in [5.74, 6) is -2.77. The molecular formula is C17H15F2N3O2S. The first-order chi connectivity index (χ1) is 11.7. The molecule has 0 aliphatic heterocycles. The smallest absolute Gasteiger partial charge is 0.288 e. The third-order valence-corrected chi connectivity index (χ3v) is 4.56. The van der Waals surface area contributed by atoms with Crippen LogP contribution < -0.4 is 5.14 Å². The number of hydrogen-bond donors (Lipinski definition) is 1. The molecule has 0 spiro atoms. The van der Waals surface area contributed by atoms with Gasteiger partial charge in [0.1, 0.15) is 11.5 Å². The van der Waals surface area contributed by atoms with Crippen molar-refractivity contribution in [3.8, 4) is 17.1 Å². The number of rotatable bonds is 4. The molecule has 0 fully saturated rings. The summed E-state index contributed by atoms with van der Waals surface area (Å²) < 4.78 is 51.7. The molecule has 0 aliphatic rings. The normalized spacial score (nSPS) is 12.3. The van der Waals surface area contributed by atoms with Crippen LogP contribution in [-0.2, 0) is 15.9 Å². The summed E-state index contributed by atoms with van der Waals surface area (Å²) in [6.07, 6.45) is 1.24. The van der Waals surface area contributed by atoms with Gasteiger partial charge in [0.05, 0.1) is 4.90 Å². The fourth-order valence-electron chi connectivity index (χ4n) is 2.38. The van der Waals surface area contributed by atoms with Gasteiger partial charge in [-0.05, 0) is 24.3 Å². The molecule has 0 saturated carbocycles. The highest BCUT2D eigenvalue weighted by atomic mass is 32.2. The summed E-state index contributed by atoms with van der Waals surface area (Å²) in [7, 11) is -3.83. The maximum atomic E-state index is 13.7. The maximum absolute atomic E-state index is 13.7. The van der Waals surface area contributed by atoms with Crippen molar-refractivity contribution in [2.75, 3.05) is 0 Å². The lowest BCUT2D eigenvalue weighted by atomic mass is 10.2. The monoisotopic (exact) mass is 363 g/mol. The van der Waals surface area contributed by atoms with Crippen molar-refractivity contribution in [2.24, 2.45) is 5.14 Å². The molecule has 0 radical (unpaired) electrons. The Kier molecular flexibility index (Phi) is 4.18. The van der Waals surface area contributed by atoms with Crippen LogP contribution in [0.15, 0.2) is 65.7 Å². The number of sulfonamides is 1. The van der Waals surface area contributed by atoms with Gasteiger partial charge in [-0.25, -0.2) is 18.5 Å². The van der Waals surface area contributed by atoms with Crippen LogP contribution >= 0.6 is 0 Å². The molecule has 0 unspecified atom stereocenters. The number of alkyl halides is 2. The summed E-state index contributed by atoms with van der Waals surface area (Å²) >= 11 is 0. The van der Waals surface area contributed by atoms with E-state index in [9.17, 15) is 17.2 Å². The average Bonchev–Trinajstić information content (AvgIpc) is 3.00. The standard InChI is InChI=1S/C17H15F2N3O2S/c1-17(18,19)15-11-22(16(21-15)12-5-3-2-4-6-12)13-7-9-14(10-8-13)25(20,23)24/h2-11H,1H3,(H2,20,23,24). The van der Waals surface area contributed by atoms with Gasteiger partial charge in [0, 0.05) is 24.4 Å². The molecule has 0 aliphatic carbocycles. The highest BCUT2D eigenvalue weighted by molar-refractivity contribution is 7.89. The zero-order valence-corrected chi connectivity index (χ0v) is 14.0. The van der Waals surface area contributed by atoms with Gasteiger partial charge in [-0.15, -0.1) is 0 Å². The van der Waals surface area contributed by atoms with Crippen molar-refractivity contribution in [2.45, 2.75) is 17.7 Å². The van der Waals surface area contributed by atoms with E-state index in [1.807, 2.05) is 6.07 Å². The zero-order valence-electron chi connectivity index (χ0n) is 13.2. The van der Waals surface area contributed by atoms with Crippen LogP contribution in [0.3, 0.4) is 0 Å². The Hall–Kier alpha value is -2.58. The van der Waals surface area contributed by atoms with E-state index < -0.39 is 15.9 Å². The third kappa shape index (κ3) is 3.59. The Morgan fingerprint density at radius 2 is 1.64 bits per heavy atom. The predicted octanol–water partition coefficient (Wildman–Crippen LogP) is 3.30. The Bertz CT molecular complexity index is 993. The van der Waals surface area contributed by atoms with E-state index >= 15 is 0 Å². The van der Waals surface area contributed by atoms with Crippen molar-refractivity contribution < 1.29 is 17.2 Å². The van der Waals surface area contributed by atoms with Crippen LogP contribution in [-0.4, -0.2) is 18.0 Å². The van der Waals surface area contributed by atoms with Crippen molar-refractivity contribution in [3.05, 3.63) is 66.5 Å². The van der Waals surface area contributed by atoms with E-state index in [2.05, 4.69) is 4.98 Å². The fourth-order valence-corrected chi connectivity index (χ4v) is 2.89. The molecule has 0 amide bonds. The second-order valence-corrected chi connectivity index (χ2v) is 7.17. The lowest BCUT2D eigenvalue weighted by Crippen LogP contribution is -2.12. The molecule has 3 rings (SSSR count). The van der Waals surface area contributed by atoms with E-state index in [0.29, 0.717) is 17.1 Å². The van der Waals surface area contributed by atoms with E-state index in [1.165, 1.54) is 35.0 Å². The van der Waals surface area contributed by atoms with Gasteiger partial charge in [0.25, 0.3) is 5.92 Å². The molecule has 0 bridgehead atoms. The first kappa shape index (κ1) is 17.2. The molecule has 2 N–H and O–H groups in total. The molecule has 5 nitrogen and oxygen atoms in total. The molecule has 8 heteroatoms. The second kappa shape index (κ2) is 6.05. The first-order valence-electron chi connectivity index (χ1n) is 7.32. The minimum atomic E-state index is -3.83. The van der Waals surface area contributed by atoms with E-state index in [4.69, 9.17) is 5.14 Å². The summed E-state index contributed by atoms with van der Waals surface area (Å²) in [6, 6.07) is 14.5. The summed E-state index contributed by atoms with van der Waals surface area (Å²) in [6.45, 7) is 0.776. The second-order valence-electron chi connectivity index (χ2n) is 5.61. The fraction of sp³-hybridized carbons (Fsp3) is 0.118. The largest absolute Gasteiger partial charge is 0.299 e. The zero-order chi connectivity index (χ0) is 18.2. The number of hydrogen-bond acceptors (Lipinski definition) is 3. The highest BCUT2D eigenvalue weighted by Crippen LogP contribution is 2.31. The van der Waals surface area contributed by atoms with E-state index in [1.54, 1.807) is 24.3 Å². The molecule has 1 aromatic heterocycles. The molecule has 1 heterocycles. The predicted molar refractivity (Wildman–Crippen MR) is 89.9 cm³/mol. The van der Waals surface area contributed by atoms with Gasteiger partial charge < -0.3 is 0 Å². The van der Waals surface area contributed by atoms with Gasteiger partial charge >= 0.3 is 0 Å².